The van der Waals surface area contributed by atoms with Gasteiger partial charge in [0.25, 0.3) is 0 Å². The van der Waals surface area contributed by atoms with Gasteiger partial charge in [0.15, 0.2) is 23.6 Å². The molecule has 2 N–H and O–H groups in total. The van der Waals surface area contributed by atoms with Gasteiger partial charge >= 0.3 is 18.0 Å². The van der Waals surface area contributed by atoms with Crippen LogP contribution in [0.1, 0.15) is 30.2 Å². The van der Waals surface area contributed by atoms with E-state index in [-0.39, 0.29) is 28.3 Å². The van der Waals surface area contributed by atoms with E-state index >= 15 is 0 Å². The highest BCUT2D eigenvalue weighted by Gasteiger charge is 2.39. The van der Waals surface area contributed by atoms with Gasteiger partial charge in [0.1, 0.15) is 18.5 Å². The molecule has 0 saturated heterocycles. The summed E-state index contributed by atoms with van der Waals surface area (Å²) in [5.74, 6) is -2.20. The number of aromatic nitrogens is 6. The van der Waals surface area contributed by atoms with Crippen LogP contribution in [0.4, 0.5) is 30.7 Å². The van der Waals surface area contributed by atoms with Gasteiger partial charge < -0.3 is 10.2 Å². The van der Waals surface area contributed by atoms with Crippen LogP contribution in [0, 0.1) is 5.82 Å². The molecule has 0 bridgehead atoms. The quantitative estimate of drug-likeness (QED) is 0.312. The minimum absolute atomic E-state index is 0.166. The van der Waals surface area contributed by atoms with Crippen LogP contribution in [0.15, 0.2) is 47.3 Å². The molecule has 0 unspecified atom stereocenters. The van der Waals surface area contributed by atoms with Gasteiger partial charge in [-0.05, 0) is 49.4 Å². The third kappa shape index (κ3) is 6.03. The second kappa shape index (κ2) is 10.7. The largest absolute Gasteiger partial charge is 0.418 e. The summed E-state index contributed by atoms with van der Waals surface area (Å²) in [4.78, 5) is 17.0. The zero-order valence-electron chi connectivity index (χ0n) is 20.1. The molecule has 2 heterocycles. The molecule has 2 atom stereocenters. The van der Waals surface area contributed by atoms with Crippen molar-refractivity contribution in [2.24, 2.45) is 0 Å². The number of nitrogens with zero attached hydrogens (tertiary/aromatic N) is 6. The number of hydrogen-bond donors (Lipinski definition) is 2. The topological polar surface area (TPSA) is 111 Å². The normalized spacial score (nSPS) is 14.0. The molecule has 40 heavy (non-hydrogen) atoms. The first kappa shape index (κ1) is 29.2. The van der Waals surface area contributed by atoms with Crippen molar-refractivity contribution in [3.05, 3.63) is 81.0 Å². The van der Waals surface area contributed by atoms with Crippen molar-refractivity contribution in [3.8, 4) is 17.1 Å². The number of rotatable bonds is 7. The number of benzene rings is 2. The van der Waals surface area contributed by atoms with Gasteiger partial charge in [-0.15, -0.1) is 10.2 Å². The predicted molar refractivity (Wildman–Crippen MR) is 125 cm³/mol. The standard InChI is InChI=1S/C23H18ClF7N6O3/c1-11(38)19-32-18(33-37(19)16-7-6-14(25)8-15(16)22(26,27)28)10-36-21(40)35(9-17(39)23(29,30)31)20(34-36)12-2-4-13(24)5-3-12/h2-8,11,17,38-39H,9-10H2,1H3/t11-,17-/m0/s1. The molecule has 0 fully saturated rings. The van der Waals surface area contributed by atoms with Gasteiger partial charge in [0.05, 0.1) is 17.8 Å². The lowest BCUT2D eigenvalue weighted by Gasteiger charge is -2.15. The third-order valence-electron chi connectivity index (χ3n) is 5.59. The molecule has 0 spiro atoms. The second-order valence-electron chi connectivity index (χ2n) is 8.57. The molecule has 0 aliphatic rings. The van der Waals surface area contributed by atoms with Crippen LogP contribution in [0.25, 0.3) is 17.1 Å². The average molecular weight is 595 g/mol. The van der Waals surface area contributed by atoms with Crippen molar-refractivity contribution < 1.29 is 40.9 Å². The molecule has 9 nitrogen and oxygen atoms in total. The maximum absolute atomic E-state index is 13.6. The van der Waals surface area contributed by atoms with Gasteiger partial charge in [-0.3, -0.25) is 4.57 Å². The van der Waals surface area contributed by atoms with Gasteiger partial charge in [-0.25, -0.2) is 23.5 Å². The maximum atomic E-state index is 13.6. The summed E-state index contributed by atoms with van der Waals surface area (Å²) in [5.41, 5.74) is -3.05. The van der Waals surface area contributed by atoms with E-state index < -0.39 is 66.2 Å². The fourth-order valence-corrected chi connectivity index (χ4v) is 3.86. The Hall–Kier alpha value is -3.76. The van der Waals surface area contributed by atoms with Crippen LogP contribution < -0.4 is 5.69 Å². The molecular weight excluding hydrogens is 577 g/mol. The van der Waals surface area contributed by atoms with Crippen molar-refractivity contribution in [2.75, 3.05) is 0 Å². The summed E-state index contributed by atoms with van der Waals surface area (Å²) in [5, 5.41) is 28.0. The third-order valence-corrected chi connectivity index (χ3v) is 5.84. The lowest BCUT2D eigenvalue weighted by atomic mass is 10.1. The summed E-state index contributed by atoms with van der Waals surface area (Å²) < 4.78 is 95.5. The summed E-state index contributed by atoms with van der Waals surface area (Å²) in [6.07, 6.45) is -14.5. The number of halogens is 8. The van der Waals surface area contributed by atoms with Crippen molar-refractivity contribution in [1.82, 2.24) is 29.1 Å². The first-order valence-electron chi connectivity index (χ1n) is 11.3. The molecule has 2 aromatic carbocycles. The predicted octanol–water partition coefficient (Wildman–Crippen LogP) is 4.13. The molecule has 0 amide bonds. The summed E-state index contributed by atoms with van der Waals surface area (Å²) >= 11 is 5.85. The van der Waals surface area contributed by atoms with E-state index in [2.05, 4.69) is 15.2 Å². The first-order valence-corrected chi connectivity index (χ1v) is 11.6. The molecule has 0 aliphatic carbocycles. The van der Waals surface area contributed by atoms with Crippen LogP contribution >= 0.6 is 11.6 Å². The highest BCUT2D eigenvalue weighted by Crippen LogP contribution is 2.35. The van der Waals surface area contributed by atoms with Crippen LogP contribution in [0.2, 0.25) is 5.02 Å². The Labute approximate surface area is 224 Å². The molecule has 0 saturated carbocycles. The number of aliphatic hydroxyl groups excluding tert-OH is 2. The first-order chi connectivity index (χ1) is 18.6. The van der Waals surface area contributed by atoms with Gasteiger partial charge in [0, 0.05) is 10.6 Å². The molecule has 17 heteroatoms. The molecule has 2 aromatic heterocycles. The smallest absolute Gasteiger partial charge is 0.385 e. The fraction of sp³-hybridized carbons (Fsp3) is 0.304. The number of aliphatic hydroxyl groups is 2. The van der Waals surface area contributed by atoms with Crippen molar-refractivity contribution in [3.63, 3.8) is 0 Å². The SMILES string of the molecule is C[C@H](O)c1nc(Cn2nc(-c3ccc(Cl)cc3)n(C[C@H](O)C(F)(F)F)c2=O)nn1-c1ccc(F)cc1C(F)(F)F. The highest BCUT2D eigenvalue weighted by atomic mass is 35.5. The van der Waals surface area contributed by atoms with Crippen molar-refractivity contribution in [1.29, 1.82) is 0 Å². The monoisotopic (exact) mass is 594 g/mol. The fourth-order valence-electron chi connectivity index (χ4n) is 3.73. The Morgan fingerprint density at radius 2 is 1.65 bits per heavy atom. The second-order valence-corrected chi connectivity index (χ2v) is 9.01. The minimum Gasteiger partial charge on any atom is -0.385 e. The van der Waals surface area contributed by atoms with E-state index in [1.807, 2.05) is 0 Å². The molecule has 4 aromatic rings. The van der Waals surface area contributed by atoms with Gasteiger partial charge in [-0.1, -0.05) is 11.6 Å². The summed E-state index contributed by atoms with van der Waals surface area (Å²) in [7, 11) is 0. The summed E-state index contributed by atoms with van der Waals surface area (Å²) in [6.45, 7) is -0.686. The Kier molecular flexibility index (Phi) is 7.79. The van der Waals surface area contributed by atoms with E-state index in [1.54, 1.807) is 0 Å². The Morgan fingerprint density at radius 1 is 1.00 bits per heavy atom. The number of hydrogen-bond acceptors (Lipinski definition) is 6. The van der Waals surface area contributed by atoms with Crippen molar-refractivity contribution >= 4 is 11.6 Å². The van der Waals surface area contributed by atoms with E-state index in [4.69, 9.17) is 11.6 Å². The maximum Gasteiger partial charge on any atom is 0.418 e. The van der Waals surface area contributed by atoms with Gasteiger partial charge in [-0.2, -0.15) is 26.3 Å². The Balaban J connectivity index is 1.81. The summed E-state index contributed by atoms with van der Waals surface area (Å²) in [6, 6.07) is 7.29. The van der Waals surface area contributed by atoms with E-state index in [1.165, 1.54) is 31.2 Å². The minimum atomic E-state index is -5.06. The van der Waals surface area contributed by atoms with E-state index in [0.717, 1.165) is 12.1 Å². The Bertz CT molecular complexity index is 1580. The molecule has 214 valence electrons. The average Bonchev–Trinajstić information content (AvgIpc) is 3.40. The molecule has 0 aliphatic heterocycles. The van der Waals surface area contributed by atoms with Crippen LogP contribution in [0.5, 0.6) is 0 Å². The van der Waals surface area contributed by atoms with Crippen molar-refractivity contribution in [2.45, 2.75) is 44.6 Å². The van der Waals surface area contributed by atoms with Crippen LogP contribution in [-0.2, 0) is 19.3 Å². The molecule has 0 radical (unpaired) electrons. The lowest BCUT2D eigenvalue weighted by Crippen LogP contribution is -2.37. The van der Waals surface area contributed by atoms with E-state index in [9.17, 15) is 45.7 Å². The number of alkyl halides is 6. The highest BCUT2D eigenvalue weighted by molar-refractivity contribution is 6.30. The zero-order chi connectivity index (χ0) is 29.6. The molecule has 4 rings (SSSR count). The van der Waals surface area contributed by atoms with Crippen LogP contribution in [-0.4, -0.2) is 51.6 Å². The van der Waals surface area contributed by atoms with E-state index in [0.29, 0.717) is 13.9 Å². The zero-order valence-corrected chi connectivity index (χ0v) is 20.9. The van der Waals surface area contributed by atoms with Gasteiger partial charge in [0.2, 0.25) is 0 Å². The Morgan fingerprint density at radius 3 is 2.23 bits per heavy atom. The lowest BCUT2D eigenvalue weighted by molar-refractivity contribution is -0.207. The van der Waals surface area contributed by atoms with Crippen LogP contribution in [0.3, 0.4) is 0 Å². The molecular formula is C23H18ClF7N6O3.